The normalized spacial score (nSPS) is 16.0. The van der Waals surface area contributed by atoms with E-state index in [9.17, 15) is 14.3 Å². The van der Waals surface area contributed by atoms with Crippen LogP contribution >= 0.6 is 0 Å². The number of aliphatic hydroxyl groups excluding tert-OH is 1. The molecule has 1 aromatic carbocycles. The van der Waals surface area contributed by atoms with Crippen LogP contribution in [0.3, 0.4) is 0 Å². The van der Waals surface area contributed by atoms with Crippen LogP contribution in [0.4, 0.5) is 4.39 Å². The molecule has 1 saturated heterocycles. The number of nitrogens with zero attached hydrogens (tertiary/aromatic N) is 1. The second kappa shape index (κ2) is 7.95. The van der Waals surface area contributed by atoms with Crippen LogP contribution in [-0.2, 0) is 4.79 Å². The number of amides is 1. The van der Waals surface area contributed by atoms with E-state index in [0.29, 0.717) is 5.75 Å². The third-order valence-corrected chi connectivity index (χ3v) is 3.37. The maximum absolute atomic E-state index is 12.7. The summed E-state index contributed by atoms with van der Waals surface area (Å²) < 4.78 is 18.0. The molecule has 0 saturated carbocycles. The standard InChI is InChI=1S/C15H21FN2O3/c16-12-3-5-14(6-4-12)21-11-13(19)9-17-10-15(20)18-7-1-2-8-18/h3-6,13,17,19H,1-2,7-11H2. The summed E-state index contributed by atoms with van der Waals surface area (Å²) in [6.45, 7) is 2.26. The molecule has 21 heavy (non-hydrogen) atoms. The number of rotatable bonds is 7. The van der Waals surface area contributed by atoms with Gasteiger partial charge in [0.1, 0.15) is 24.3 Å². The number of carbonyl (C=O) groups is 1. The maximum atomic E-state index is 12.7. The number of ether oxygens (including phenoxy) is 1. The summed E-state index contributed by atoms with van der Waals surface area (Å²) in [4.78, 5) is 13.6. The fraction of sp³-hybridized carbons (Fsp3) is 0.533. The molecule has 1 unspecified atom stereocenters. The zero-order valence-electron chi connectivity index (χ0n) is 11.9. The van der Waals surface area contributed by atoms with Crippen LogP contribution in [0.1, 0.15) is 12.8 Å². The highest BCUT2D eigenvalue weighted by Crippen LogP contribution is 2.11. The minimum atomic E-state index is -0.721. The van der Waals surface area contributed by atoms with Gasteiger partial charge in [-0.2, -0.15) is 0 Å². The van der Waals surface area contributed by atoms with E-state index in [0.717, 1.165) is 25.9 Å². The third-order valence-electron chi connectivity index (χ3n) is 3.37. The molecule has 1 heterocycles. The minimum Gasteiger partial charge on any atom is -0.491 e. The summed E-state index contributed by atoms with van der Waals surface area (Å²) >= 11 is 0. The molecule has 0 aromatic heterocycles. The van der Waals surface area contributed by atoms with Crippen molar-refractivity contribution in [3.8, 4) is 5.75 Å². The molecule has 0 bridgehead atoms. The second-order valence-corrected chi connectivity index (χ2v) is 5.14. The van der Waals surface area contributed by atoms with Gasteiger partial charge < -0.3 is 20.1 Å². The molecule has 2 N–H and O–H groups in total. The minimum absolute atomic E-state index is 0.0687. The van der Waals surface area contributed by atoms with Gasteiger partial charge in [-0.15, -0.1) is 0 Å². The monoisotopic (exact) mass is 296 g/mol. The van der Waals surface area contributed by atoms with Crippen molar-refractivity contribution in [1.82, 2.24) is 10.2 Å². The molecule has 2 rings (SSSR count). The van der Waals surface area contributed by atoms with Crippen molar-refractivity contribution in [1.29, 1.82) is 0 Å². The van der Waals surface area contributed by atoms with Crippen LogP contribution in [0.15, 0.2) is 24.3 Å². The number of hydrogen-bond donors (Lipinski definition) is 2. The lowest BCUT2D eigenvalue weighted by Crippen LogP contribution is -2.40. The Balaban J connectivity index is 1.59. The van der Waals surface area contributed by atoms with E-state index >= 15 is 0 Å². The Labute approximate surface area is 123 Å². The van der Waals surface area contributed by atoms with Crippen LogP contribution in [0.5, 0.6) is 5.75 Å². The molecule has 6 heteroatoms. The zero-order chi connectivity index (χ0) is 15.1. The van der Waals surface area contributed by atoms with E-state index in [4.69, 9.17) is 4.74 Å². The Hall–Kier alpha value is -1.66. The lowest BCUT2D eigenvalue weighted by atomic mass is 10.3. The highest BCUT2D eigenvalue weighted by atomic mass is 19.1. The maximum Gasteiger partial charge on any atom is 0.236 e. The van der Waals surface area contributed by atoms with E-state index in [1.54, 1.807) is 0 Å². The van der Waals surface area contributed by atoms with Crippen molar-refractivity contribution in [2.45, 2.75) is 18.9 Å². The molecule has 1 amide bonds. The highest BCUT2D eigenvalue weighted by molar-refractivity contribution is 5.78. The van der Waals surface area contributed by atoms with Crippen molar-refractivity contribution >= 4 is 5.91 Å². The first kappa shape index (κ1) is 15.7. The Morgan fingerprint density at radius 2 is 2.00 bits per heavy atom. The van der Waals surface area contributed by atoms with Crippen LogP contribution in [0.2, 0.25) is 0 Å². The van der Waals surface area contributed by atoms with Gasteiger partial charge in [-0.05, 0) is 37.1 Å². The van der Waals surface area contributed by atoms with E-state index in [1.165, 1.54) is 24.3 Å². The second-order valence-electron chi connectivity index (χ2n) is 5.14. The predicted molar refractivity (Wildman–Crippen MR) is 76.6 cm³/mol. The first-order valence-electron chi connectivity index (χ1n) is 7.20. The molecule has 1 aliphatic rings. The summed E-state index contributed by atoms with van der Waals surface area (Å²) in [5.74, 6) is 0.243. The molecule has 1 fully saturated rings. The topological polar surface area (TPSA) is 61.8 Å². The number of nitrogens with one attached hydrogen (secondary N) is 1. The van der Waals surface area contributed by atoms with Crippen LogP contribution in [0, 0.1) is 5.82 Å². The zero-order valence-corrected chi connectivity index (χ0v) is 11.9. The van der Waals surface area contributed by atoms with Crippen molar-refractivity contribution in [2.75, 3.05) is 32.8 Å². The number of hydrogen-bond acceptors (Lipinski definition) is 4. The molecule has 1 aromatic rings. The van der Waals surface area contributed by atoms with E-state index in [-0.39, 0.29) is 31.4 Å². The van der Waals surface area contributed by atoms with Gasteiger partial charge in [0.15, 0.2) is 0 Å². The Kier molecular flexibility index (Phi) is 5.95. The van der Waals surface area contributed by atoms with Crippen LogP contribution in [0.25, 0.3) is 0 Å². The molecule has 5 nitrogen and oxygen atoms in total. The number of halogens is 1. The van der Waals surface area contributed by atoms with E-state index in [2.05, 4.69) is 5.32 Å². The van der Waals surface area contributed by atoms with Gasteiger partial charge in [0.2, 0.25) is 5.91 Å². The first-order valence-corrected chi connectivity index (χ1v) is 7.20. The summed E-state index contributed by atoms with van der Waals surface area (Å²) in [5, 5.41) is 12.7. The Morgan fingerprint density at radius 1 is 1.33 bits per heavy atom. The van der Waals surface area contributed by atoms with Crippen molar-refractivity contribution in [3.63, 3.8) is 0 Å². The molecule has 116 valence electrons. The molecule has 0 aliphatic carbocycles. The quantitative estimate of drug-likeness (QED) is 0.780. The predicted octanol–water partition coefficient (Wildman–Crippen LogP) is 0.777. The van der Waals surface area contributed by atoms with Gasteiger partial charge in [-0.1, -0.05) is 0 Å². The molecular formula is C15H21FN2O3. The van der Waals surface area contributed by atoms with Gasteiger partial charge >= 0.3 is 0 Å². The van der Waals surface area contributed by atoms with E-state index < -0.39 is 6.10 Å². The summed E-state index contributed by atoms with van der Waals surface area (Å²) in [5.41, 5.74) is 0. The lowest BCUT2D eigenvalue weighted by molar-refractivity contribution is -0.129. The van der Waals surface area contributed by atoms with Crippen molar-refractivity contribution in [2.24, 2.45) is 0 Å². The van der Waals surface area contributed by atoms with Gasteiger partial charge in [-0.3, -0.25) is 4.79 Å². The number of benzene rings is 1. The third kappa shape index (κ3) is 5.32. The molecule has 1 atom stereocenters. The molecule has 1 aliphatic heterocycles. The van der Waals surface area contributed by atoms with Gasteiger partial charge in [-0.25, -0.2) is 4.39 Å². The fourth-order valence-corrected chi connectivity index (χ4v) is 2.21. The first-order chi connectivity index (χ1) is 10.1. The van der Waals surface area contributed by atoms with Gasteiger partial charge in [0.05, 0.1) is 6.54 Å². The number of aliphatic hydroxyl groups is 1. The van der Waals surface area contributed by atoms with Crippen molar-refractivity contribution < 1.29 is 19.0 Å². The number of likely N-dealkylation sites (tertiary alicyclic amines) is 1. The number of carbonyl (C=O) groups excluding carboxylic acids is 1. The average molecular weight is 296 g/mol. The van der Waals surface area contributed by atoms with Gasteiger partial charge in [0.25, 0.3) is 0 Å². The van der Waals surface area contributed by atoms with Crippen LogP contribution in [-0.4, -0.2) is 54.8 Å². The smallest absolute Gasteiger partial charge is 0.236 e. The molecule has 0 radical (unpaired) electrons. The average Bonchev–Trinajstić information content (AvgIpc) is 3.01. The van der Waals surface area contributed by atoms with Crippen molar-refractivity contribution in [3.05, 3.63) is 30.1 Å². The summed E-state index contributed by atoms with van der Waals surface area (Å²) in [6.07, 6.45) is 1.42. The lowest BCUT2D eigenvalue weighted by Gasteiger charge is -2.17. The van der Waals surface area contributed by atoms with E-state index in [1.807, 2.05) is 4.90 Å². The Morgan fingerprint density at radius 3 is 2.67 bits per heavy atom. The largest absolute Gasteiger partial charge is 0.491 e. The highest BCUT2D eigenvalue weighted by Gasteiger charge is 2.17. The molecule has 0 spiro atoms. The summed E-state index contributed by atoms with van der Waals surface area (Å²) in [6, 6.07) is 5.61. The van der Waals surface area contributed by atoms with Crippen LogP contribution < -0.4 is 10.1 Å². The summed E-state index contributed by atoms with van der Waals surface area (Å²) in [7, 11) is 0. The Bertz CT molecular complexity index is 447. The molecular weight excluding hydrogens is 275 g/mol. The fourth-order valence-electron chi connectivity index (χ4n) is 2.21. The SMILES string of the molecule is O=C(CNCC(O)COc1ccc(F)cc1)N1CCCC1. The van der Waals surface area contributed by atoms with Gasteiger partial charge in [0, 0.05) is 19.6 Å².